The zero-order valence-electron chi connectivity index (χ0n) is 11.6. The summed E-state index contributed by atoms with van der Waals surface area (Å²) in [5.74, 6) is 0.859. The van der Waals surface area contributed by atoms with Crippen molar-refractivity contribution in [3.05, 3.63) is 16.2 Å². The normalized spacial score (nSPS) is 22.6. The molecule has 1 saturated carbocycles. The minimum absolute atomic E-state index is 0.311. The molecule has 0 radical (unpaired) electrons. The molecule has 2 unspecified atom stereocenters. The van der Waals surface area contributed by atoms with Crippen LogP contribution in [0, 0.1) is 0 Å². The number of hydrogen-bond donors (Lipinski definition) is 1. The quantitative estimate of drug-likeness (QED) is 0.870. The van der Waals surface area contributed by atoms with Crippen molar-refractivity contribution >= 4 is 39.0 Å². The first-order valence-electron chi connectivity index (χ1n) is 6.95. The van der Waals surface area contributed by atoms with Gasteiger partial charge in [0.15, 0.2) is 0 Å². The van der Waals surface area contributed by atoms with Gasteiger partial charge in [-0.25, -0.2) is 9.97 Å². The van der Waals surface area contributed by atoms with Crippen LogP contribution in [0.5, 0.6) is 0 Å². The average Bonchev–Trinajstić information content (AvgIpc) is 3.04. The third kappa shape index (κ3) is 2.75. The maximum Gasteiger partial charge on any atom is 0.225 e. The van der Waals surface area contributed by atoms with E-state index in [-0.39, 0.29) is 0 Å². The molecule has 108 valence electrons. The van der Waals surface area contributed by atoms with Crippen LogP contribution in [0.1, 0.15) is 31.1 Å². The van der Waals surface area contributed by atoms with E-state index < -0.39 is 0 Å². The van der Waals surface area contributed by atoms with Gasteiger partial charge in [0.2, 0.25) is 5.28 Å². The van der Waals surface area contributed by atoms with Crippen LogP contribution in [0.15, 0.2) is 6.07 Å². The van der Waals surface area contributed by atoms with Crippen molar-refractivity contribution in [3.63, 3.8) is 0 Å². The molecule has 0 spiro atoms. The van der Waals surface area contributed by atoms with Gasteiger partial charge >= 0.3 is 0 Å². The lowest BCUT2D eigenvalue weighted by atomic mass is 10.2. The van der Waals surface area contributed by atoms with E-state index in [1.807, 2.05) is 0 Å². The number of methoxy groups -OCH3 is 1. The van der Waals surface area contributed by atoms with Gasteiger partial charge in [-0.15, -0.1) is 11.3 Å². The number of halogens is 1. The van der Waals surface area contributed by atoms with Crippen LogP contribution in [0.25, 0.3) is 10.2 Å². The number of aryl methyl sites for hydroxylation is 1. The first-order chi connectivity index (χ1) is 9.69. The number of fused-ring (bicyclic) bond motifs is 1. The number of hydrogen-bond acceptors (Lipinski definition) is 5. The monoisotopic (exact) mass is 311 g/mol. The van der Waals surface area contributed by atoms with Gasteiger partial charge in [0.05, 0.1) is 11.5 Å². The Balaban J connectivity index is 1.88. The van der Waals surface area contributed by atoms with Gasteiger partial charge in [-0.05, 0) is 43.4 Å². The van der Waals surface area contributed by atoms with Crippen molar-refractivity contribution in [1.82, 2.24) is 9.97 Å². The van der Waals surface area contributed by atoms with Gasteiger partial charge in [0.25, 0.3) is 0 Å². The van der Waals surface area contributed by atoms with Crippen LogP contribution in [-0.2, 0) is 11.2 Å². The van der Waals surface area contributed by atoms with Crippen LogP contribution in [0.2, 0.25) is 5.28 Å². The van der Waals surface area contributed by atoms with Crippen molar-refractivity contribution in [2.75, 3.05) is 12.4 Å². The van der Waals surface area contributed by atoms with Gasteiger partial charge in [-0.3, -0.25) is 0 Å². The van der Waals surface area contributed by atoms with Gasteiger partial charge in [0, 0.05) is 18.0 Å². The Labute approximate surface area is 127 Å². The number of nitrogens with zero attached hydrogens (tertiary/aromatic N) is 2. The van der Waals surface area contributed by atoms with Crippen molar-refractivity contribution in [2.24, 2.45) is 0 Å². The summed E-state index contributed by atoms with van der Waals surface area (Å²) in [6.07, 6.45) is 4.58. The first kappa shape index (κ1) is 14.0. The minimum Gasteiger partial charge on any atom is -0.381 e. The maximum absolute atomic E-state index is 6.04. The van der Waals surface area contributed by atoms with Gasteiger partial charge < -0.3 is 10.1 Å². The zero-order valence-corrected chi connectivity index (χ0v) is 13.2. The molecule has 0 saturated heterocycles. The molecule has 0 amide bonds. The molecule has 20 heavy (non-hydrogen) atoms. The molecule has 1 aliphatic carbocycles. The molecule has 4 nitrogen and oxygen atoms in total. The molecule has 0 aromatic carbocycles. The lowest BCUT2D eigenvalue weighted by Gasteiger charge is -2.14. The molecular formula is C14H18ClN3OS. The van der Waals surface area contributed by atoms with E-state index in [2.05, 4.69) is 28.3 Å². The number of aromatic nitrogens is 2. The molecule has 1 fully saturated rings. The number of rotatable bonds is 4. The van der Waals surface area contributed by atoms with Gasteiger partial charge in [-0.1, -0.05) is 6.92 Å². The van der Waals surface area contributed by atoms with Crippen LogP contribution >= 0.6 is 22.9 Å². The Morgan fingerprint density at radius 2 is 2.30 bits per heavy atom. The lowest BCUT2D eigenvalue weighted by molar-refractivity contribution is 0.108. The maximum atomic E-state index is 6.04. The van der Waals surface area contributed by atoms with Crippen LogP contribution in [0.4, 0.5) is 5.82 Å². The fraction of sp³-hybridized carbons (Fsp3) is 0.571. The van der Waals surface area contributed by atoms with Crippen LogP contribution in [-0.4, -0.2) is 29.2 Å². The Bertz CT molecular complexity index is 616. The topological polar surface area (TPSA) is 47.0 Å². The molecule has 2 aromatic heterocycles. The predicted octanol–water partition coefficient (Wildman–Crippen LogP) is 3.89. The fourth-order valence-corrected chi connectivity index (χ4v) is 3.89. The van der Waals surface area contributed by atoms with Crippen molar-refractivity contribution in [1.29, 1.82) is 0 Å². The summed E-state index contributed by atoms with van der Waals surface area (Å²) in [5, 5.41) is 4.91. The Kier molecular flexibility index (Phi) is 4.10. The van der Waals surface area contributed by atoms with E-state index in [9.17, 15) is 0 Å². The SMILES string of the molecule is CCc1cc2c(NC3CCC(OC)C3)nc(Cl)nc2s1. The van der Waals surface area contributed by atoms with Gasteiger partial charge in [0.1, 0.15) is 10.6 Å². The van der Waals surface area contributed by atoms with Crippen molar-refractivity contribution < 1.29 is 4.74 Å². The Hall–Kier alpha value is -0.910. The number of ether oxygens (including phenoxy) is 1. The molecule has 0 bridgehead atoms. The number of thiophene rings is 1. The smallest absolute Gasteiger partial charge is 0.225 e. The summed E-state index contributed by atoms with van der Waals surface area (Å²) in [7, 11) is 1.78. The summed E-state index contributed by atoms with van der Waals surface area (Å²) in [6, 6.07) is 2.57. The van der Waals surface area contributed by atoms with E-state index in [1.165, 1.54) is 4.88 Å². The highest BCUT2D eigenvalue weighted by Crippen LogP contribution is 2.32. The second-order valence-electron chi connectivity index (χ2n) is 5.14. The van der Waals surface area contributed by atoms with Crippen molar-refractivity contribution in [2.45, 2.75) is 44.8 Å². The van der Waals surface area contributed by atoms with E-state index in [1.54, 1.807) is 18.4 Å². The largest absolute Gasteiger partial charge is 0.381 e. The lowest BCUT2D eigenvalue weighted by Crippen LogP contribution is -2.18. The molecular weight excluding hydrogens is 294 g/mol. The summed E-state index contributed by atoms with van der Waals surface area (Å²) in [5.41, 5.74) is 0. The van der Waals surface area contributed by atoms with E-state index in [0.29, 0.717) is 17.4 Å². The Morgan fingerprint density at radius 1 is 1.45 bits per heavy atom. The van der Waals surface area contributed by atoms with E-state index >= 15 is 0 Å². The molecule has 2 heterocycles. The van der Waals surface area contributed by atoms with E-state index in [0.717, 1.165) is 41.7 Å². The minimum atomic E-state index is 0.311. The molecule has 6 heteroatoms. The summed E-state index contributed by atoms with van der Waals surface area (Å²) < 4.78 is 5.42. The summed E-state index contributed by atoms with van der Waals surface area (Å²) >= 11 is 7.73. The zero-order chi connectivity index (χ0) is 14.1. The molecule has 1 N–H and O–H groups in total. The molecule has 2 aromatic rings. The fourth-order valence-electron chi connectivity index (χ4n) is 2.71. The highest BCUT2D eigenvalue weighted by Gasteiger charge is 2.25. The van der Waals surface area contributed by atoms with E-state index in [4.69, 9.17) is 16.3 Å². The highest BCUT2D eigenvalue weighted by molar-refractivity contribution is 7.18. The third-order valence-electron chi connectivity index (χ3n) is 3.82. The second kappa shape index (κ2) is 5.84. The van der Waals surface area contributed by atoms with Crippen LogP contribution in [0.3, 0.4) is 0 Å². The first-order valence-corrected chi connectivity index (χ1v) is 8.14. The average molecular weight is 312 g/mol. The standard InChI is InChI=1S/C14H18ClN3OS/c1-3-10-7-11-12(17-14(15)18-13(11)20-10)16-8-4-5-9(6-8)19-2/h7-9H,3-6H2,1-2H3,(H,16,17,18). The molecule has 3 rings (SSSR count). The molecule has 0 aliphatic heterocycles. The predicted molar refractivity (Wildman–Crippen MR) is 83.9 cm³/mol. The molecule has 1 aliphatic rings. The summed E-state index contributed by atoms with van der Waals surface area (Å²) in [4.78, 5) is 11.0. The second-order valence-corrected chi connectivity index (χ2v) is 6.59. The molecule has 2 atom stereocenters. The van der Waals surface area contributed by atoms with Crippen LogP contribution < -0.4 is 5.32 Å². The highest BCUT2D eigenvalue weighted by atomic mass is 35.5. The van der Waals surface area contributed by atoms with Gasteiger partial charge in [-0.2, -0.15) is 0 Å². The van der Waals surface area contributed by atoms with Crippen molar-refractivity contribution in [3.8, 4) is 0 Å². The summed E-state index contributed by atoms with van der Waals surface area (Å²) in [6.45, 7) is 2.15. The Morgan fingerprint density at radius 3 is 3.00 bits per heavy atom. The third-order valence-corrected chi connectivity index (χ3v) is 5.17. The number of nitrogens with one attached hydrogen (secondary N) is 1. The number of anilines is 1.